The van der Waals surface area contributed by atoms with E-state index in [-0.39, 0.29) is 30.2 Å². The summed E-state index contributed by atoms with van der Waals surface area (Å²) in [5.74, 6) is 0.0956. The van der Waals surface area contributed by atoms with Crippen LogP contribution in [0.25, 0.3) is 22.3 Å². The number of nitrogens with one attached hydrogen (secondary N) is 1. The van der Waals surface area contributed by atoms with Gasteiger partial charge >= 0.3 is 0 Å². The molecule has 2 aromatic heterocycles. The molecule has 0 spiro atoms. The molecule has 2 aliphatic heterocycles. The highest BCUT2D eigenvalue weighted by atomic mass is 32.2. The number of ether oxygens (including phenoxy) is 1. The normalized spacial score (nSPS) is 16.4. The maximum atomic E-state index is 15.1. The van der Waals surface area contributed by atoms with Crippen LogP contribution >= 0.6 is 0 Å². The molecule has 1 amide bonds. The molecule has 1 saturated heterocycles. The number of sulfonamides is 1. The standard InChI is InChI=1S/C30H35FN8O4S/c1-5-38-26-14-22(12-21(29(26)43-17-27(38)40)16-36-8-10-37(11-9-36)44(4,41)42)34-30-32-15-23(31)28(35-30)20-6-7-24-25(13-20)39(18-33-24)19(2)3/h6-7,12-15,18-19H,5,8-11,16-17H2,1-4H3,(H,32,34,35). The van der Waals surface area contributed by atoms with Gasteiger partial charge in [0.1, 0.15) is 11.4 Å². The quantitative estimate of drug-likeness (QED) is 0.313. The number of fused-ring (bicyclic) bond motifs is 2. The Hall–Kier alpha value is -4.14. The molecule has 0 radical (unpaired) electrons. The van der Waals surface area contributed by atoms with Crippen LogP contribution in [0, 0.1) is 5.82 Å². The molecule has 4 aromatic rings. The van der Waals surface area contributed by atoms with Gasteiger partial charge in [0.25, 0.3) is 5.91 Å². The van der Waals surface area contributed by atoms with E-state index in [9.17, 15) is 13.2 Å². The molecule has 0 aliphatic carbocycles. The largest absolute Gasteiger partial charge is 0.481 e. The van der Waals surface area contributed by atoms with E-state index in [1.165, 1.54) is 10.6 Å². The second-order valence-electron chi connectivity index (χ2n) is 11.3. The van der Waals surface area contributed by atoms with E-state index in [2.05, 4.69) is 39.0 Å². The first-order valence-electron chi connectivity index (χ1n) is 14.6. The first kappa shape index (κ1) is 29.9. The number of carbonyl (C=O) groups is 1. The van der Waals surface area contributed by atoms with E-state index in [1.807, 2.05) is 29.7 Å². The third kappa shape index (κ3) is 5.84. The van der Waals surface area contributed by atoms with Crippen LogP contribution < -0.4 is 15.0 Å². The molecule has 2 aliphatic rings. The van der Waals surface area contributed by atoms with Gasteiger partial charge in [-0.1, -0.05) is 6.07 Å². The smallest absolute Gasteiger partial charge is 0.265 e. The van der Waals surface area contributed by atoms with Crippen molar-refractivity contribution in [2.45, 2.75) is 33.4 Å². The fourth-order valence-electron chi connectivity index (χ4n) is 5.73. The highest BCUT2D eigenvalue weighted by molar-refractivity contribution is 7.88. The van der Waals surface area contributed by atoms with Crippen LogP contribution in [0.2, 0.25) is 0 Å². The summed E-state index contributed by atoms with van der Waals surface area (Å²) in [4.78, 5) is 29.7. The van der Waals surface area contributed by atoms with Gasteiger partial charge in [-0.25, -0.2) is 27.8 Å². The van der Waals surface area contributed by atoms with Gasteiger partial charge in [-0.15, -0.1) is 0 Å². The molecule has 44 heavy (non-hydrogen) atoms. The summed E-state index contributed by atoms with van der Waals surface area (Å²) in [6, 6.07) is 9.41. The Labute approximate surface area is 255 Å². The van der Waals surface area contributed by atoms with Crippen molar-refractivity contribution in [1.29, 1.82) is 0 Å². The molecule has 0 unspecified atom stereocenters. The van der Waals surface area contributed by atoms with Gasteiger partial charge in [0, 0.05) is 62.1 Å². The molecule has 2 aromatic carbocycles. The fourth-order valence-corrected chi connectivity index (χ4v) is 6.55. The topological polar surface area (TPSA) is 126 Å². The molecule has 232 valence electrons. The van der Waals surface area contributed by atoms with Crippen molar-refractivity contribution < 1.29 is 22.3 Å². The third-order valence-electron chi connectivity index (χ3n) is 7.99. The van der Waals surface area contributed by atoms with Gasteiger partial charge < -0.3 is 19.5 Å². The number of rotatable bonds is 8. The average molecular weight is 623 g/mol. The van der Waals surface area contributed by atoms with Crippen molar-refractivity contribution in [2.75, 3.05) is 55.8 Å². The Morgan fingerprint density at radius 3 is 2.57 bits per heavy atom. The van der Waals surface area contributed by atoms with Gasteiger partial charge in [0.15, 0.2) is 12.4 Å². The number of piperazine rings is 1. The van der Waals surface area contributed by atoms with E-state index in [0.29, 0.717) is 62.0 Å². The number of imidazole rings is 1. The lowest BCUT2D eigenvalue weighted by molar-refractivity contribution is -0.121. The molecular weight excluding hydrogens is 587 g/mol. The average Bonchev–Trinajstić information content (AvgIpc) is 3.42. The zero-order valence-corrected chi connectivity index (χ0v) is 25.9. The number of nitrogens with zero attached hydrogens (tertiary/aromatic N) is 7. The molecule has 6 rings (SSSR count). The number of amides is 1. The minimum absolute atomic E-state index is 0.0625. The molecule has 0 saturated carbocycles. The van der Waals surface area contributed by atoms with Crippen LogP contribution in [0.4, 0.5) is 21.7 Å². The number of halogens is 1. The van der Waals surface area contributed by atoms with Crippen LogP contribution in [0.1, 0.15) is 32.4 Å². The van der Waals surface area contributed by atoms with E-state index in [0.717, 1.165) is 22.8 Å². The van der Waals surface area contributed by atoms with Crippen molar-refractivity contribution in [3.63, 3.8) is 0 Å². The number of benzene rings is 2. The van der Waals surface area contributed by atoms with Gasteiger partial charge in [-0.3, -0.25) is 9.69 Å². The monoisotopic (exact) mass is 622 g/mol. The molecule has 1 fully saturated rings. The van der Waals surface area contributed by atoms with E-state index >= 15 is 4.39 Å². The summed E-state index contributed by atoms with van der Waals surface area (Å²) < 4.78 is 48.5. The summed E-state index contributed by atoms with van der Waals surface area (Å²) >= 11 is 0. The number of hydrogen-bond donors (Lipinski definition) is 1. The van der Waals surface area contributed by atoms with Crippen molar-refractivity contribution in [3.8, 4) is 17.0 Å². The number of likely N-dealkylation sites (N-methyl/N-ethyl adjacent to an activating group) is 1. The molecule has 1 N–H and O–H groups in total. The Balaban J connectivity index is 1.32. The minimum Gasteiger partial charge on any atom is -0.481 e. The van der Waals surface area contributed by atoms with Gasteiger partial charge in [0.05, 0.1) is 35.5 Å². The van der Waals surface area contributed by atoms with Crippen molar-refractivity contribution >= 4 is 44.3 Å². The minimum atomic E-state index is -3.25. The first-order chi connectivity index (χ1) is 21.0. The summed E-state index contributed by atoms with van der Waals surface area (Å²) in [6.45, 7) is 8.80. The number of hydrogen-bond acceptors (Lipinski definition) is 9. The second-order valence-corrected chi connectivity index (χ2v) is 13.3. The number of aromatic nitrogens is 4. The highest BCUT2D eigenvalue weighted by Crippen LogP contribution is 2.40. The first-order valence-corrected chi connectivity index (χ1v) is 16.4. The van der Waals surface area contributed by atoms with Gasteiger partial charge in [-0.05, 0) is 45.0 Å². The third-order valence-corrected chi connectivity index (χ3v) is 9.30. The predicted octanol–water partition coefficient (Wildman–Crippen LogP) is 3.78. The lowest BCUT2D eigenvalue weighted by Crippen LogP contribution is -2.48. The zero-order valence-electron chi connectivity index (χ0n) is 25.1. The summed E-state index contributed by atoms with van der Waals surface area (Å²) in [6.07, 6.45) is 4.14. The van der Waals surface area contributed by atoms with Gasteiger partial charge in [-0.2, -0.15) is 4.31 Å². The summed E-state index contributed by atoms with van der Waals surface area (Å²) in [5.41, 5.74) is 4.50. The van der Waals surface area contributed by atoms with Crippen LogP contribution in [0.15, 0.2) is 42.9 Å². The predicted molar refractivity (Wildman–Crippen MR) is 166 cm³/mol. The fraction of sp³-hybridized carbons (Fsp3) is 0.400. The number of anilines is 3. The SMILES string of the molecule is CCN1C(=O)COc2c(CN3CCN(S(C)(=O)=O)CC3)cc(Nc3ncc(F)c(-c4ccc5ncn(C(C)C)c5c4)n3)cc21. The molecular formula is C30H35FN8O4S. The van der Waals surface area contributed by atoms with Crippen LogP contribution in [0.3, 0.4) is 0 Å². The lowest BCUT2D eigenvalue weighted by atomic mass is 10.1. The van der Waals surface area contributed by atoms with E-state index in [1.54, 1.807) is 23.4 Å². The Kier molecular flexibility index (Phi) is 7.99. The van der Waals surface area contributed by atoms with Crippen molar-refractivity contribution in [3.05, 3.63) is 54.2 Å². The summed E-state index contributed by atoms with van der Waals surface area (Å²) in [7, 11) is -3.25. The lowest BCUT2D eigenvalue weighted by Gasteiger charge is -2.35. The molecule has 14 heteroatoms. The zero-order chi connectivity index (χ0) is 31.2. The maximum absolute atomic E-state index is 15.1. The second kappa shape index (κ2) is 11.7. The molecule has 4 heterocycles. The maximum Gasteiger partial charge on any atom is 0.265 e. The van der Waals surface area contributed by atoms with Crippen LogP contribution in [0.5, 0.6) is 5.75 Å². The molecule has 12 nitrogen and oxygen atoms in total. The van der Waals surface area contributed by atoms with E-state index in [4.69, 9.17) is 4.74 Å². The Morgan fingerprint density at radius 1 is 1.09 bits per heavy atom. The molecule has 0 atom stereocenters. The highest BCUT2D eigenvalue weighted by Gasteiger charge is 2.30. The van der Waals surface area contributed by atoms with E-state index < -0.39 is 15.8 Å². The number of carbonyl (C=O) groups excluding carboxylic acids is 1. The Bertz CT molecular complexity index is 1840. The van der Waals surface area contributed by atoms with Crippen LogP contribution in [-0.4, -0.2) is 88.6 Å². The van der Waals surface area contributed by atoms with Gasteiger partial charge in [0.2, 0.25) is 16.0 Å². The van der Waals surface area contributed by atoms with Crippen molar-refractivity contribution in [1.82, 2.24) is 28.7 Å². The molecule has 0 bridgehead atoms. The summed E-state index contributed by atoms with van der Waals surface area (Å²) in [5, 5.41) is 3.21. The Morgan fingerprint density at radius 2 is 1.86 bits per heavy atom. The van der Waals surface area contributed by atoms with Crippen LogP contribution in [-0.2, 0) is 21.4 Å². The van der Waals surface area contributed by atoms with Crippen molar-refractivity contribution in [2.24, 2.45) is 0 Å².